The number of carbonyl (C=O) groups excluding carboxylic acids is 1. The third kappa shape index (κ3) is 3.53. The summed E-state index contributed by atoms with van der Waals surface area (Å²) in [4.78, 5) is 25.5. The second kappa shape index (κ2) is 7.54. The highest BCUT2D eigenvalue weighted by atomic mass is 16.2. The molecule has 0 aliphatic heterocycles. The Morgan fingerprint density at radius 2 is 1.76 bits per heavy atom. The normalized spacial score (nSPS) is 11.3. The van der Waals surface area contributed by atoms with Crippen LogP contribution in [0.4, 0.5) is 5.69 Å². The number of rotatable bonds is 5. The van der Waals surface area contributed by atoms with Gasteiger partial charge in [-0.25, -0.2) is 4.68 Å². The zero-order valence-electron chi connectivity index (χ0n) is 16.9. The van der Waals surface area contributed by atoms with Crippen LogP contribution in [-0.4, -0.2) is 20.1 Å². The van der Waals surface area contributed by atoms with Crippen LogP contribution < -0.4 is 10.9 Å². The van der Waals surface area contributed by atoms with E-state index >= 15 is 0 Å². The molecule has 2 heterocycles. The van der Waals surface area contributed by atoms with Gasteiger partial charge in [-0.3, -0.25) is 14.0 Å². The van der Waals surface area contributed by atoms with Crippen LogP contribution in [0.3, 0.4) is 0 Å². The van der Waals surface area contributed by atoms with E-state index in [0.717, 1.165) is 28.7 Å². The van der Waals surface area contributed by atoms with Crippen molar-refractivity contribution in [1.82, 2.24) is 14.2 Å². The highest BCUT2D eigenvalue weighted by Gasteiger charge is 2.15. The third-order valence-electron chi connectivity index (χ3n) is 5.16. The zero-order chi connectivity index (χ0) is 20.5. The maximum absolute atomic E-state index is 13.0. The Kier molecular flexibility index (Phi) is 4.92. The topological polar surface area (TPSA) is 68.4 Å². The Morgan fingerprint density at radius 3 is 2.45 bits per heavy atom. The van der Waals surface area contributed by atoms with E-state index in [1.807, 2.05) is 60.7 Å². The summed E-state index contributed by atoms with van der Waals surface area (Å²) in [5.74, 6) is 0.473. The van der Waals surface area contributed by atoms with Gasteiger partial charge in [-0.1, -0.05) is 37.6 Å². The monoisotopic (exact) mass is 388 g/mol. The fourth-order valence-corrected chi connectivity index (χ4v) is 3.63. The van der Waals surface area contributed by atoms with Crippen LogP contribution in [0.25, 0.3) is 16.4 Å². The Hall–Kier alpha value is -3.41. The van der Waals surface area contributed by atoms with Crippen molar-refractivity contribution in [2.24, 2.45) is 0 Å². The standard InChI is InChI=1S/C23H24N4O2/c1-4-16-7-9-18(10-8-16)24-22(28)14-26-23(29)20-13-17-12-15(3)6-11-19(17)27(20)21(5-2)25-26/h6-13H,4-5,14H2,1-3H3,(H,24,28). The maximum Gasteiger partial charge on any atom is 0.291 e. The number of aromatic nitrogens is 3. The number of benzene rings is 2. The van der Waals surface area contributed by atoms with E-state index in [0.29, 0.717) is 17.6 Å². The van der Waals surface area contributed by atoms with Crippen molar-refractivity contribution in [3.63, 3.8) is 0 Å². The van der Waals surface area contributed by atoms with Crippen LogP contribution in [0.5, 0.6) is 0 Å². The van der Waals surface area contributed by atoms with Crippen molar-refractivity contribution >= 4 is 28.0 Å². The van der Waals surface area contributed by atoms with Crippen LogP contribution in [0.1, 0.15) is 30.8 Å². The summed E-state index contributed by atoms with van der Waals surface area (Å²) in [5.41, 5.74) is 4.27. The fourth-order valence-electron chi connectivity index (χ4n) is 3.63. The summed E-state index contributed by atoms with van der Waals surface area (Å²) in [5, 5.41) is 8.32. The Morgan fingerprint density at radius 1 is 1.00 bits per heavy atom. The van der Waals surface area contributed by atoms with Crippen molar-refractivity contribution in [1.29, 1.82) is 0 Å². The summed E-state index contributed by atoms with van der Waals surface area (Å²) >= 11 is 0. The van der Waals surface area contributed by atoms with E-state index in [-0.39, 0.29) is 18.0 Å². The minimum absolute atomic E-state index is 0.127. The number of aryl methyl sites for hydroxylation is 3. The Bertz CT molecular complexity index is 1270. The van der Waals surface area contributed by atoms with Gasteiger partial charge in [0.2, 0.25) is 5.91 Å². The molecule has 0 unspecified atom stereocenters. The highest BCUT2D eigenvalue weighted by Crippen LogP contribution is 2.21. The third-order valence-corrected chi connectivity index (χ3v) is 5.16. The van der Waals surface area contributed by atoms with Crippen LogP contribution in [-0.2, 0) is 24.2 Å². The van der Waals surface area contributed by atoms with Crippen molar-refractivity contribution in [3.8, 4) is 0 Å². The molecular formula is C23H24N4O2. The predicted molar refractivity (Wildman–Crippen MR) is 116 cm³/mol. The molecule has 148 valence electrons. The number of hydrogen-bond acceptors (Lipinski definition) is 3. The smallest absolute Gasteiger partial charge is 0.291 e. The lowest BCUT2D eigenvalue weighted by atomic mass is 10.1. The van der Waals surface area contributed by atoms with Gasteiger partial charge in [0.25, 0.3) is 5.56 Å². The van der Waals surface area contributed by atoms with E-state index in [4.69, 9.17) is 0 Å². The highest BCUT2D eigenvalue weighted by molar-refractivity contribution is 5.91. The van der Waals surface area contributed by atoms with Gasteiger partial charge < -0.3 is 5.32 Å². The first-order valence-corrected chi connectivity index (χ1v) is 9.90. The molecular weight excluding hydrogens is 364 g/mol. The number of nitrogens with zero attached hydrogens (tertiary/aromatic N) is 3. The molecule has 2 aromatic carbocycles. The summed E-state index contributed by atoms with van der Waals surface area (Å²) in [6.07, 6.45) is 1.59. The van der Waals surface area contributed by atoms with Gasteiger partial charge in [-0.2, -0.15) is 5.10 Å². The zero-order valence-corrected chi connectivity index (χ0v) is 16.9. The lowest BCUT2D eigenvalue weighted by Gasteiger charge is -2.11. The summed E-state index contributed by atoms with van der Waals surface area (Å²) < 4.78 is 3.16. The molecule has 4 rings (SSSR count). The predicted octanol–water partition coefficient (Wildman–Crippen LogP) is 3.72. The largest absolute Gasteiger partial charge is 0.324 e. The van der Waals surface area contributed by atoms with Gasteiger partial charge in [-0.15, -0.1) is 0 Å². The number of hydrogen-bond donors (Lipinski definition) is 1. The molecule has 0 spiro atoms. The number of nitrogens with one attached hydrogen (secondary N) is 1. The van der Waals surface area contributed by atoms with Crippen LogP contribution in [0.15, 0.2) is 53.3 Å². The minimum Gasteiger partial charge on any atom is -0.324 e. The molecule has 1 amide bonds. The first kappa shape index (κ1) is 18.9. The first-order valence-electron chi connectivity index (χ1n) is 9.90. The summed E-state index contributed by atoms with van der Waals surface area (Å²) in [7, 11) is 0. The molecule has 6 nitrogen and oxygen atoms in total. The Balaban J connectivity index is 1.69. The molecule has 0 radical (unpaired) electrons. The molecule has 0 atom stereocenters. The second-order valence-corrected chi connectivity index (χ2v) is 7.26. The molecule has 29 heavy (non-hydrogen) atoms. The number of anilines is 1. The van der Waals surface area contributed by atoms with Gasteiger partial charge in [0.15, 0.2) is 0 Å². The SMILES string of the molecule is CCc1ccc(NC(=O)Cn2nc(CC)n3c(cc4cc(C)ccc43)c2=O)cc1. The molecule has 0 aliphatic carbocycles. The van der Waals surface area contributed by atoms with Gasteiger partial charge in [0.1, 0.15) is 17.9 Å². The van der Waals surface area contributed by atoms with E-state index in [1.165, 1.54) is 10.2 Å². The molecule has 0 fully saturated rings. The van der Waals surface area contributed by atoms with Crippen LogP contribution in [0, 0.1) is 6.92 Å². The van der Waals surface area contributed by atoms with E-state index in [2.05, 4.69) is 23.4 Å². The molecule has 6 heteroatoms. The Labute approximate surface area is 168 Å². The minimum atomic E-state index is -0.276. The molecule has 4 aromatic rings. The van der Waals surface area contributed by atoms with Crippen LogP contribution in [0.2, 0.25) is 0 Å². The lowest BCUT2D eigenvalue weighted by Crippen LogP contribution is -2.32. The van der Waals surface area contributed by atoms with Gasteiger partial charge in [0, 0.05) is 17.5 Å². The molecule has 0 saturated heterocycles. The quantitative estimate of drug-likeness (QED) is 0.567. The van der Waals surface area contributed by atoms with Crippen molar-refractivity contribution in [2.45, 2.75) is 40.2 Å². The first-order chi connectivity index (χ1) is 14.0. The van der Waals surface area contributed by atoms with Crippen molar-refractivity contribution in [2.75, 3.05) is 5.32 Å². The molecule has 0 aliphatic rings. The van der Waals surface area contributed by atoms with Gasteiger partial charge in [-0.05, 0) is 49.2 Å². The maximum atomic E-state index is 13.0. The number of carbonyl (C=O) groups is 1. The van der Waals surface area contributed by atoms with Crippen molar-refractivity contribution in [3.05, 3.63) is 75.8 Å². The van der Waals surface area contributed by atoms with E-state index in [9.17, 15) is 9.59 Å². The summed E-state index contributed by atoms with van der Waals surface area (Å²) in [6, 6.07) is 15.7. The van der Waals surface area contributed by atoms with Gasteiger partial charge in [0.05, 0.1) is 5.52 Å². The van der Waals surface area contributed by atoms with Crippen LogP contribution >= 0.6 is 0 Å². The van der Waals surface area contributed by atoms with Crippen molar-refractivity contribution < 1.29 is 4.79 Å². The lowest BCUT2D eigenvalue weighted by molar-refractivity contribution is -0.117. The second-order valence-electron chi connectivity index (χ2n) is 7.26. The number of amides is 1. The average Bonchev–Trinajstić information content (AvgIpc) is 3.09. The summed E-state index contributed by atoms with van der Waals surface area (Å²) in [6.45, 7) is 5.97. The fraction of sp³-hybridized carbons (Fsp3) is 0.261. The van der Waals surface area contributed by atoms with Gasteiger partial charge >= 0.3 is 0 Å². The molecule has 2 aromatic heterocycles. The molecule has 0 bridgehead atoms. The number of fused-ring (bicyclic) bond motifs is 3. The molecule has 1 N–H and O–H groups in total. The average molecular weight is 388 g/mol. The molecule has 0 saturated carbocycles. The van der Waals surface area contributed by atoms with E-state index in [1.54, 1.807) is 0 Å². The van der Waals surface area contributed by atoms with E-state index < -0.39 is 0 Å².